The first kappa shape index (κ1) is 21.6. The smallest absolute Gasteiger partial charge is 0.276 e. The molecule has 0 aliphatic rings. The monoisotopic (exact) mass is 406 g/mol. The van der Waals surface area contributed by atoms with Crippen LogP contribution in [0.2, 0.25) is 0 Å². The predicted molar refractivity (Wildman–Crippen MR) is 109 cm³/mol. The summed E-state index contributed by atoms with van der Waals surface area (Å²) >= 11 is 0. The highest BCUT2D eigenvalue weighted by molar-refractivity contribution is 7.89. The molecule has 28 heavy (non-hydrogen) atoms. The lowest BCUT2D eigenvalue weighted by Gasteiger charge is -2.19. The maximum absolute atomic E-state index is 12.4. The highest BCUT2D eigenvalue weighted by Crippen LogP contribution is 2.37. The Kier molecular flexibility index (Phi) is 6.56. The average Bonchev–Trinajstić information content (AvgIpc) is 2.66. The van der Waals surface area contributed by atoms with E-state index in [-0.39, 0.29) is 10.3 Å². The fourth-order valence-electron chi connectivity index (χ4n) is 2.53. The van der Waals surface area contributed by atoms with Crippen molar-refractivity contribution in [3.63, 3.8) is 0 Å². The fourth-order valence-corrected chi connectivity index (χ4v) is 3.32. The molecular formula is C20H26N2O5S. The van der Waals surface area contributed by atoms with Crippen LogP contribution in [-0.4, -0.2) is 36.0 Å². The summed E-state index contributed by atoms with van der Waals surface area (Å²) < 4.78 is 40.7. The van der Waals surface area contributed by atoms with Crippen LogP contribution in [0.3, 0.4) is 0 Å². The number of hydrogen-bond donors (Lipinski definition) is 1. The largest absolute Gasteiger partial charge is 0.493 e. The van der Waals surface area contributed by atoms with Crippen LogP contribution in [0, 0.1) is 0 Å². The molecular weight excluding hydrogens is 380 g/mol. The molecule has 152 valence electrons. The molecule has 0 amide bonds. The molecule has 0 bridgehead atoms. The summed E-state index contributed by atoms with van der Waals surface area (Å²) in [5.74, 6) is 1.34. The maximum atomic E-state index is 12.4. The van der Waals surface area contributed by atoms with Crippen LogP contribution < -0.4 is 19.0 Å². The van der Waals surface area contributed by atoms with Gasteiger partial charge in [-0.3, -0.25) is 0 Å². The molecule has 2 rings (SSSR count). The van der Waals surface area contributed by atoms with Crippen LogP contribution in [-0.2, 0) is 15.4 Å². The van der Waals surface area contributed by atoms with Gasteiger partial charge < -0.3 is 14.2 Å². The first-order valence-corrected chi connectivity index (χ1v) is 10.1. The first-order chi connectivity index (χ1) is 13.1. The van der Waals surface area contributed by atoms with Gasteiger partial charge in [-0.1, -0.05) is 32.9 Å². The van der Waals surface area contributed by atoms with E-state index in [0.717, 1.165) is 5.56 Å². The molecule has 0 unspecified atom stereocenters. The standard InChI is InChI=1S/C20H26N2O5S/c1-20(2,3)15-7-9-16(10-8-15)28(23,24)22-21-13-14-11-17(25-4)19(27-6)18(12-14)26-5/h7-13,22H,1-6H3/b21-13+. The molecule has 7 nitrogen and oxygen atoms in total. The van der Waals surface area contributed by atoms with Crippen LogP contribution in [0.1, 0.15) is 31.9 Å². The topological polar surface area (TPSA) is 86.2 Å². The lowest BCUT2D eigenvalue weighted by atomic mass is 9.87. The third kappa shape index (κ3) is 4.95. The number of benzene rings is 2. The number of nitrogens with zero attached hydrogens (tertiary/aromatic N) is 1. The van der Waals surface area contributed by atoms with Crippen LogP contribution in [0.15, 0.2) is 46.4 Å². The Bertz CT molecular complexity index is 921. The molecule has 8 heteroatoms. The van der Waals surface area contributed by atoms with E-state index in [1.54, 1.807) is 36.4 Å². The van der Waals surface area contributed by atoms with E-state index in [1.165, 1.54) is 27.5 Å². The summed E-state index contributed by atoms with van der Waals surface area (Å²) in [6.07, 6.45) is 1.37. The zero-order chi connectivity index (χ0) is 20.9. The quantitative estimate of drug-likeness (QED) is 0.563. The first-order valence-electron chi connectivity index (χ1n) is 8.58. The Labute approximate surface area is 166 Å². The van der Waals surface area contributed by atoms with Gasteiger partial charge in [0.1, 0.15) is 0 Å². The highest BCUT2D eigenvalue weighted by Gasteiger charge is 2.17. The summed E-state index contributed by atoms with van der Waals surface area (Å²) in [4.78, 5) is 2.36. The number of sulfonamides is 1. The second-order valence-electron chi connectivity index (χ2n) is 7.09. The molecule has 0 aliphatic heterocycles. The van der Waals surface area contributed by atoms with Crippen molar-refractivity contribution in [2.75, 3.05) is 21.3 Å². The summed E-state index contributed by atoms with van der Waals surface area (Å²) in [5, 5.41) is 3.85. The van der Waals surface area contributed by atoms with Gasteiger partial charge in [0.15, 0.2) is 11.5 Å². The summed E-state index contributed by atoms with van der Waals surface area (Å²) in [6, 6.07) is 10.1. The van der Waals surface area contributed by atoms with Crippen LogP contribution in [0.5, 0.6) is 17.2 Å². The van der Waals surface area contributed by atoms with Crippen LogP contribution in [0.4, 0.5) is 0 Å². The lowest BCUT2D eigenvalue weighted by molar-refractivity contribution is 0.324. The summed E-state index contributed by atoms with van der Waals surface area (Å²) in [5.41, 5.74) is 1.58. The Hall–Kier alpha value is -2.74. The second-order valence-corrected chi connectivity index (χ2v) is 8.75. The number of rotatable bonds is 7. The third-order valence-corrected chi connectivity index (χ3v) is 5.34. The van der Waals surface area contributed by atoms with Gasteiger partial charge >= 0.3 is 0 Å². The zero-order valence-electron chi connectivity index (χ0n) is 16.9. The minimum atomic E-state index is -3.77. The molecule has 1 N–H and O–H groups in total. The molecule has 0 aromatic heterocycles. The van der Waals surface area contributed by atoms with Gasteiger partial charge in [-0.25, -0.2) is 4.83 Å². The summed E-state index contributed by atoms with van der Waals surface area (Å²) in [6.45, 7) is 6.20. The van der Waals surface area contributed by atoms with E-state index < -0.39 is 10.0 Å². The highest BCUT2D eigenvalue weighted by atomic mass is 32.2. The van der Waals surface area contributed by atoms with Crippen molar-refractivity contribution in [2.24, 2.45) is 5.10 Å². The Morgan fingerprint density at radius 1 is 0.929 bits per heavy atom. The van der Waals surface area contributed by atoms with Crippen molar-refractivity contribution >= 4 is 16.2 Å². The number of hydrogen-bond acceptors (Lipinski definition) is 6. The van der Waals surface area contributed by atoms with E-state index in [1.807, 2.05) is 0 Å². The Morgan fingerprint density at radius 2 is 1.46 bits per heavy atom. The van der Waals surface area contributed by atoms with E-state index in [9.17, 15) is 8.42 Å². The van der Waals surface area contributed by atoms with Crippen LogP contribution >= 0.6 is 0 Å². The van der Waals surface area contributed by atoms with Crippen molar-refractivity contribution in [1.82, 2.24) is 4.83 Å². The van der Waals surface area contributed by atoms with Gasteiger partial charge in [-0.15, -0.1) is 0 Å². The van der Waals surface area contributed by atoms with E-state index >= 15 is 0 Å². The number of nitrogens with one attached hydrogen (secondary N) is 1. The van der Waals surface area contributed by atoms with Gasteiger partial charge in [0.05, 0.1) is 32.4 Å². The Morgan fingerprint density at radius 3 is 1.89 bits per heavy atom. The minimum absolute atomic E-state index is 0.0552. The van der Waals surface area contributed by atoms with Crippen molar-refractivity contribution in [3.05, 3.63) is 47.5 Å². The van der Waals surface area contributed by atoms with Gasteiger partial charge in [0.25, 0.3) is 10.0 Å². The van der Waals surface area contributed by atoms with Crippen LogP contribution in [0.25, 0.3) is 0 Å². The molecule has 0 saturated carbocycles. The summed E-state index contributed by atoms with van der Waals surface area (Å²) in [7, 11) is 0.739. The van der Waals surface area contributed by atoms with Crippen molar-refractivity contribution in [3.8, 4) is 17.2 Å². The molecule has 2 aromatic carbocycles. The molecule has 0 radical (unpaired) electrons. The lowest BCUT2D eigenvalue weighted by Crippen LogP contribution is -2.19. The Balaban J connectivity index is 2.21. The molecule has 0 heterocycles. The maximum Gasteiger partial charge on any atom is 0.276 e. The molecule has 0 saturated heterocycles. The van der Waals surface area contributed by atoms with E-state index in [0.29, 0.717) is 22.8 Å². The SMILES string of the molecule is COc1cc(/C=N/NS(=O)(=O)c2ccc(C(C)(C)C)cc2)cc(OC)c1OC. The number of ether oxygens (including phenoxy) is 3. The van der Waals surface area contributed by atoms with E-state index in [2.05, 4.69) is 30.7 Å². The van der Waals surface area contributed by atoms with Gasteiger partial charge in [-0.05, 0) is 35.2 Å². The van der Waals surface area contributed by atoms with Crippen molar-refractivity contribution in [2.45, 2.75) is 31.1 Å². The van der Waals surface area contributed by atoms with E-state index in [4.69, 9.17) is 14.2 Å². The molecule has 2 aromatic rings. The predicted octanol–water partition coefficient (Wildman–Crippen LogP) is 3.32. The van der Waals surface area contributed by atoms with Gasteiger partial charge in [0.2, 0.25) is 5.75 Å². The zero-order valence-corrected chi connectivity index (χ0v) is 17.8. The number of hydrazone groups is 1. The number of methoxy groups -OCH3 is 3. The third-order valence-electron chi connectivity index (χ3n) is 4.10. The normalized spacial score (nSPS) is 12.1. The molecule has 0 aliphatic carbocycles. The van der Waals surface area contributed by atoms with Gasteiger partial charge in [-0.2, -0.15) is 13.5 Å². The van der Waals surface area contributed by atoms with Crippen molar-refractivity contribution < 1.29 is 22.6 Å². The average molecular weight is 407 g/mol. The molecule has 0 spiro atoms. The fraction of sp³-hybridized carbons (Fsp3) is 0.350. The molecule has 0 atom stereocenters. The molecule has 0 fully saturated rings. The minimum Gasteiger partial charge on any atom is -0.493 e. The second kappa shape index (κ2) is 8.52. The van der Waals surface area contributed by atoms with Gasteiger partial charge in [0, 0.05) is 5.56 Å². The van der Waals surface area contributed by atoms with Crippen molar-refractivity contribution in [1.29, 1.82) is 0 Å².